The number of nitrogens with zero attached hydrogens (tertiary/aromatic N) is 4. The molecule has 1 aromatic heterocycles. The van der Waals surface area contributed by atoms with E-state index >= 15 is 0 Å². The lowest BCUT2D eigenvalue weighted by Crippen LogP contribution is -2.33. The van der Waals surface area contributed by atoms with Gasteiger partial charge in [-0.05, 0) is 44.3 Å². The lowest BCUT2D eigenvalue weighted by molar-refractivity contribution is -0.384. The molecule has 1 aliphatic rings. The molecule has 1 amide bonds. The third-order valence-corrected chi connectivity index (χ3v) is 4.27. The highest BCUT2D eigenvalue weighted by atomic mass is 35.5. The van der Waals surface area contributed by atoms with Crippen LogP contribution >= 0.6 is 12.4 Å². The Balaban J connectivity index is 0.00000243. The van der Waals surface area contributed by atoms with Crippen molar-refractivity contribution < 1.29 is 9.72 Å². The number of amides is 1. The van der Waals surface area contributed by atoms with Crippen LogP contribution in [0, 0.1) is 16.0 Å². The van der Waals surface area contributed by atoms with Crippen LogP contribution in [0.4, 0.5) is 5.69 Å². The highest BCUT2D eigenvalue weighted by Gasteiger charge is 2.15. The topological polar surface area (TPSA) is 115 Å². The first-order valence-corrected chi connectivity index (χ1v) is 8.29. The molecule has 9 nitrogen and oxygen atoms in total. The average Bonchev–Trinajstić information content (AvgIpc) is 3.13. The number of halogens is 1. The summed E-state index contributed by atoms with van der Waals surface area (Å²) >= 11 is 0. The number of nitro benzene ring substituents is 1. The van der Waals surface area contributed by atoms with Crippen molar-refractivity contribution in [1.82, 2.24) is 25.6 Å². The molecule has 2 N–H and O–H groups in total. The van der Waals surface area contributed by atoms with Crippen molar-refractivity contribution in [1.29, 1.82) is 0 Å². The quantitative estimate of drug-likeness (QED) is 0.582. The van der Waals surface area contributed by atoms with Crippen LogP contribution in [0.25, 0.3) is 5.69 Å². The molecular formula is C16H21ClN6O3. The van der Waals surface area contributed by atoms with Crippen LogP contribution < -0.4 is 10.6 Å². The maximum absolute atomic E-state index is 12.2. The van der Waals surface area contributed by atoms with E-state index in [1.807, 2.05) is 0 Å². The van der Waals surface area contributed by atoms with Gasteiger partial charge in [-0.25, -0.2) is 4.68 Å². The molecule has 3 rings (SSSR count). The zero-order chi connectivity index (χ0) is 17.6. The monoisotopic (exact) mass is 380 g/mol. The van der Waals surface area contributed by atoms with Crippen molar-refractivity contribution in [2.75, 3.05) is 19.6 Å². The summed E-state index contributed by atoms with van der Waals surface area (Å²) in [5.74, 6) is 0.301. The van der Waals surface area contributed by atoms with E-state index in [1.165, 1.54) is 35.9 Å². The molecule has 0 saturated carbocycles. The maximum atomic E-state index is 12.2. The molecule has 1 aromatic carbocycles. The Morgan fingerprint density at radius 2 is 2.31 bits per heavy atom. The Labute approximate surface area is 156 Å². The lowest BCUT2D eigenvalue weighted by Gasteiger charge is -2.22. The van der Waals surface area contributed by atoms with Gasteiger partial charge in [0.25, 0.3) is 11.6 Å². The summed E-state index contributed by atoms with van der Waals surface area (Å²) in [6.07, 6.45) is 4.76. The number of hydrogen-bond acceptors (Lipinski definition) is 6. The third-order valence-electron chi connectivity index (χ3n) is 4.27. The number of piperidine rings is 1. The molecule has 2 heterocycles. The highest BCUT2D eigenvalue weighted by Crippen LogP contribution is 2.16. The first-order valence-electron chi connectivity index (χ1n) is 8.29. The van der Waals surface area contributed by atoms with Gasteiger partial charge in [-0.15, -0.1) is 17.5 Å². The van der Waals surface area contributed by atoms with Gasteiger partial charge in [0.15, 0.2) is 5.69 Å². The van der Waals surface area contributed by atoms with E-state index in [9.17, 15) is 14.9 Å². The van der Waals surface area contributed by atoms with Crippen LogP contribution in [0.15, 0.2) is 30.5 Å². The maximum Gasteiger partial charge on any atom is 0.273 e. The lowest BCUT2D eigenvalue weighted by atomic mass is 9.96. The standard InChI is InChI=1S/C16H20N6O3.ClH/c23-16(18-8-6-12-3-2-7-17-10-12)15-11-21(20-19-15)13-4-1-5-14(9-13)22(24)25;/h1,4-5,9,11-12,17H,2-3,6-8,10H2,(H,18,23);1H. The van der Waals surface area contributed by atoms with Crippen LogP contribution in [0.2, 0.25) is 0 Å². The molecule has 1 saturated heterocycles. The number of carbonyl (C=O) groups excluding carboxylic acids is 1. The molecule has 0 bridgehead atoms. The van der Waals surface area contributed by atoms with Crippen molar-refractivity contribution in [3.8, 4) is 5.69 Å². The van der Waals surface area contributed by atoms with Crippen LogP contribution in [-0.4, -0.2) is 45.5 Å². The molecule has 2 aromatic rings. The third kappa shape index (κ3) is 4.99. The van der Waals surface area contributed by atoms with E-state index < -0.39 is 4.92 Å². The molecular weight excluding hydrogens is 360 g/mol. The minimum atomic E-state index is -0.478. The number of rotatable bonds is 6. The van der Waals surface area contributed by atoms with Crippen LogP contribution in [-0.2, 0) is 0 Å². The molecule has 1 fully saturated rings. The molecule has 140 valence electrons. The Morgan fingerprint density at radius 1 is 1.46 bits per heavy atom. The van der Waals surface area contributed by atoms with Crippen LogP contribution in [0.5, 0.6) is 0 Å². The molecule has 1 unspecified atom stereocenters. The summed E-state index contributed by atoms with van der Waals surface area (Å²) in [4.78, 5) is 22.5. The number of aromatic nitrogens is 3. The zero-order valence-corrected chi connectivity index (χ0v) is 14.9. The van der Waals surface area contributed by atoms with Gasteiger partial charge in [-0.3, -0.25) is 14.9 Å². The van der Waals surface area contributed by atoms with Gasteiger partial charge < -0.3 is 10.6 Å². The SMILES string of the molecule is Cl.O=C(NCCC1CCCNC1)c1cn(-c2cccc([N+](=O)[O-])c2)nn1. The van der Waals surface area contributed by atoms with Crippen molar-refractivity contribution in [3.63, 3.8) is 0 Å². The predicted molar refractivity (Wildman–Crippen MR) is 97.8 cm³/mol. The largest absolute Gasteiger partial charge is 0.351 e. The fourth-order valence-corrected chi connectivity index (χ4v) is 2.89. The Bertz CT molecular complexity index is 760. The first kappa shape index (κ1) is 19.8. The molecule has 1 aliphatic heterocycles. The second-order valence-electron chi connectivity index (χ2n) is 6.08. The summed E-state index contributed by atoms with van der Waals surface area (Å²) < 4.78 is 1.35. The molecule has 0 aliphatic carbocycles. The normalized spacial score (nSPS) is 16.5. The summed E-state index contributed by atoms with van der Waals surface area (Å²) in [7, 11) is 0. The van der Waals surface area contributed by atoms with Crippen LogP contribution in [0.1, 0.15) is 29.8 Å². The number of non-ortho nitro benzene ring substituents is 1. The summed E-state index contributed by atoms with van der Waals surface area (Å²) in [5.41, 5.74) is 0.627. The summed E-state index contributed by atoms with van der Waals surface area (Å²) in [6, 6.07) is 6.01. The van der Waals surface area contributed by atoms with E-state index in [0.29, 0.717) is 18.2 Å². The first-order chi connectivity index (χ1) is 12.1. The molecule has 1 atom stereocenters. The summed E-state index contributed by atoms with van der Waals surface area (Å²) in [6.45, 7) is 2.66. The van der Waals surface area contributed by atoms with Crippen molar-refractivity contribution in [2.24, 2.45) is 5.92 Å². The molecule has 10 heteroatoms. The second-order valence-corrected chi connectivity index (χ2v) is 6.08. The van der Waals surface area contributed by atoms with Gasteiger partial charge in [0.1, 0.15) is 0 Å². The number of nitro groups is 1. The Hall–Kier alpha value is -2.52. The van der Waals surface area contributed by atoms with Gasteiger partial charge >= 0.3 is 0 Å². The molecule has 26 heavy (non-hydrogen) atoms. The fourth-order valence-electron chi connectivity index (χ4n) is 2.89. The van der Waals surface area contributed by atoms with Gasteiger partial charge in [0.2, 0.25) is 0 Å². The number of hydrogen-bond donors (Lipinski definition) is 2. The van der Waals surface area contributed by atoms with Gasteiger partial charge in [0, 0.05) is 18.7 Å². The van der Waals surface area contributed by atoms with Crippen LogP contribution in [0.3, 0.4) is 0 Å². The number of benzene rings is 1. The zero-order valence-electron chi connectivity index (χ0n) is 14.1. The van der Waals surface area contributed by atoms with E-state index in [0.717, 1.165) is 19.5 Å². The number of nitrogens with one attached hydrogen (secondary N) is 2. The van der Waals surface area contributed by atoms with Gasteiger partial charge in [-0.2, -0.15) is 0 Å². The summed E-state index contributed by atoms with van der Waals surface area (Å²) in [5, 5.41) is 24.8. The van der Waals surface area contributed by atoms with Crippen molar-refractivity contribution >= 4 is 24.0 Å². The van der Waals surface area contributed by atoms with E-state index in [-0.39, 0.29) is 29.7 Å². The van der Waals surface area contributed by atoms with E-state index in [4.69, 9.17) is 0 Å². The van der Waals surface area contributed by atoms with Gasteiger partial charge in [0.05, 0.1) is 16.8 Å². The van der Waals surface area contributed by atoms with Crippen molar-refractivity contribution in [2.45, 2.75) is 19.3 Å². The Kier molecular flexibility index (Phi) is 7.05. The molecule has 0 radical (unpaired) electrons. The van der Waals surface area contributed by atoms with E-state index in [1.54, 1.807) is 12.1 Å². The smallest absolute Gasteiger partial charge is 0.273 e. The van der Waals surface area contributed by atoms with Gasteiger partial charge in [-0.1, -0.05) is 11.3 Å². The minimum absolute atomic E-state index is 0. The fraction of sp³-hybridized carbons (Fsp3) is 0.438. The highest BCUT2D eigenvalue weighted by molar-refractivity contribution is 5.91. The average molecular weight is 381 g/mol. The molecule has 0 spiro atoms. The van der Waals surface area contributed by atoms with Crippen molar-refractivity contribution in [3.05, 3.63) is 46.3 Å². The van der Waals surface area contributed by atoms with E-state index in [2.05, 4.69) is 20.9 Å². The predicted octanol–water partition coefficient (Wildman–Crippen LogP) is 1.72. The second kappa shape index (κ2) is 9.25. The minimum Gasteiger partial charge on any atom is -0.351 e. The Morgan fingerprint density at radius 3 is 3.04 bits per heavy atom. The number of carbonyl (C=O) groups is 1.